The van der Waals surface area contributed by atoms with E-state index in [0.717, 1.165) is 68.4 Å². The maximum Gasteiger partial charge on any atom is 0.350 e. The largest absolute Gasteiger partial charge is 0.507 e. The summed E-state index contributed by atoms with van der Waals surface area (Å²) in [5.74, 6) is -1.35. The molecule has 2 aliphatic carbocycles. The summed E-state index contributed by atoms with van der Waals surface area (Å²) < 4.78 is 28.6. The lowest BCUT2D eigenvalue weighted by atomic mass is 9.73. The molecular weight excluding hydrogens is 695 g/mol. The molecule has 1 N–H and O–H groups in total. The lowest BCUT2D eigenvalue weighted by Crippen LogP contribution is -2.51. The molecule has 0 atom stereocenters. The molecule has 0 unspecified atom stereocenters. The van der Waals surface area contributed by atoms with Crippen LogP contribution in [0.3, 0.4) is 0 Å². The van der Waals surface area contributed by atoms with Crippen molar-refractivity contribution < 1.29 is 43.2 Å². The van der Waals surface area contributed by atoms with Gasteiger partial charge in [0.25, 0.3) is 0 Å². The molecule has 276 valence electrons. The normalized spacial score (nSPS) is 30.0. The van der Waals surface area contributed by atoms with E-state index in [0.29, 0.717) is 54.1 Å². The molecule has 3 aliphatic heterocycles. The summed E-state index contributed by atoms with van der Waals surface area (Å²) in [5, 5.41) is 11.9. The first kappa shape index (κ1) is 37.6. The monoisotopic (exact) mass is 742 g/mol. The molecule has 7 rings (SSSR count). The van der Waals surface area contributed by atoms with E-state index >= 15 is 0 Å². The Labute approximate surface area is 309 Å². The highest BCUT2D eigenvalue weighted by Crippen LogP contribution is 2.52. The number of halogens is 2. The van der Waals surface area contributed by atoms with Crippen molar-refractivity contribution in [3.05, 3.63) is 74.5 Å². The van der Waals surface area contributed by atoms with Crippen LogP contribution in [0.4, 0.5) is 0 Å². The van der Waals surface area contributed by atoms with E-state index in [4.69, 9.17) is 46.9 Å². The van der Waals surface area contributed by atoms with Gasteiger partial charge in [-0.3, -0.25) is 4.79 Å². The van der Waals surface area contributed by atoms with Gasteiger partial charge in [0.1, 0.15) is 5.57 Å². The minimum atomic E-state index is -1.22. The van der Waals surface area contributed by atoms with Gasteiger partial charge < -0.3 is 28.8 Å². The van der Waals surface area contributed by atoms with Crippen molar-refractivity contribution in [2.75, 3.05) is 19.8 Å². The Morgan fingerprint density at radius 3 is 1.90 bits per heavy atom. The smallest absolute Gasteiger partial charge is 0.350 e. The molecule has 9 nitrogen and oxygen atoms in total. The zero-order chi connectivity index (χ0) is 36.4. The van der Waals surface area contributed by atoms with E-state index in [1.807, 2.05) is 38.1 Å². The van der Waals surface area contributed by atoms with Crippen LogP contribution in [0.5, 0.6) is 0 Å². The molecule has 0 bridgehead atoms. The fraction of sp³-hybridized carbons (Fsp3) is 0.575. The van der Waals surface area contributed by atoms with Crippen LogP contribution < -0.4 is 0 Å². The van der Waals surface area contributed by atoms with Crippen molar-refractivity contribution in [2.24, 2.45) is 0 Å². The predicted molar refractivity (Wildman–Crippen MR) is 193 cm³/mol. The van der Waals surface area contributed by atoms with E-state index in [9.17, 15) is 19.5 Å². The molecule has 2 aromatic carbocycles. The highest BCUT2D eigenvalue weighted by atomic mass is 35.5. The molecule has 0 aromatic heterocycles. The molecule has 2 saturated carbocycles. The van der Waals surface area contributed by atoms with Crippen LogP contribution in [0.1, 0.15) is 106 Å². The minimum absolute atomic E-state index is 0.0360. The SMILES string of the molecule is CCOC(=O)C1(OC(=O)Cc2c(C)cccc2Cl)CCC2(CCCO2)CC1.Cc1cccc(Cl)c1C1=C(O)C2(CCC3(CCCO3)CC2)OC1=O. The number of esters is 3. The number of rotatable bonds is 6. The van der Waals surface area contributed by atoms with Gasteiger partial charge in [-0.15, -0.1) is 0 Å². The number of aliphatic hydroxyl groups excluding tert-OH is 1. The molecule has 2 aromatic rings. The Bertz CT molecular complexity index is 1630. The van der Waals surface area contributed by atoms with Gasteiger partial charge >= 0.3 is 17.9 Å². The molecular formula is C40H48Cl2O9. The van der Waals surface area contributed by atoms with Gasteiger partial charge in [-0.25, -0.2) is 9.59 Å². The third kappa shape index (κ3) is 7.55. The van der Waals surface area contributed by atoms with Gasteiger partial charge in [-0.05, 0) is 114 Å². The van der Waals surface area contributed by atoms with Crippen molar-refractivity contribution >= 4 is 46.7 Å². The summed E-state index contributed by atoms with van der Waals surface area (Å²) >= 11 is 12.5. The predicted octanol–water partition coefficient (Wildman–Crippen LogP) is 8.50. The quantitative estimate of drug-likeness (QED) is 0.230. The van der Waals surface area contributed by atoms with Crippen molar-refractivity contribution in [3.63, 3.8) is 0 Å². The minimum Gasteiger partial charge on any atom is -0.507 e. The molecule has 2 saturated heterocycles. The van der Waals surface area contributed by atoms with Gasteiger partial charge in [-0.1, -0.05) is 47.5 Å². The van der Waals surface area contributed by atoms with Crippen LogP contribution in [0.2, 0.25) is 10.0 Å². The fourth-order valence-electron chi connectivity index (χ4n) is 8.53. The van der Waals surface area contributed by atoms with Crippen molar-refractivity contribution in [2.45, 2.75) is 127 Å². The summed E-state index contributed by atoms with van der Waals surface area (Å²) in [7, 11) is 0. The number of hydrogen-bond donors (Lipinski definition) is 1. The highest BCUT2D eigenvalue weighted by Gasteiger charge is 2.55. The van der Waals surface area contributed by atoms with E-state index in [-0.39, 0.29) is 35.6 Å². The van der Waals surface area contributed by atoms with Gasteiger partial charge in [0.2, 0.25) is 5.60 Å². The molecule has 5 aliphatic rings. The summed E-state index contributed by atoms with van der Waals surface area (Å²) in [5.41, 5.74) is 0.931. The molecule has 4 fully saturated rings. The van der Waals surface area contributed by atoms with E-state index < -0.39 is 29.1 Å². The Balaban J connectivity index is 0.000000177. The molecule has 11 heteroatoms. The Hall–Kier alpha value is -3.11. The lowest BCUT2D eigenvalue weighted by molar-refractivity contribution is -0.192. The van der Waals surface area contributed by atoms with Crippen LogP contribution in [0.15, 0.2) is 42.2 Å². The van der Waals surface area contributed by atoms with Crippen LogP contribution in [0.25, 0.3) is 5.57 Å². The number of hydrogen-bond acceptors (Lipinski definition) is 9. The molecule has 51 heavy (non-hydrogen) atoms. The number of benzene rings is 2. The average Bonchev–Trinajstić information content (AvgIpc) is 3.82. The van der Waals surface area contributed by atoms with Crippen LogP contribution in [-0.4, -0.2) is 65.2 Å². The first-order valence-corrected chi connectivity index (χ1v) is 19.0. The maximum atomic E-state index is 12.7. The summed E-state index contributed by atoms with van der Waals surface area (Å²) in [6.07, 6.45) is 9.27. The Morgan fingerprint density at radius 2 is 1.37 bits per heavy atom. The number of carbonyl (C=O) groups excluding carboxylic acids is 3. The summed E-state index contributed by atoms with van der Waals surface area (Å²) in [4.78, 5) is 37.9. The second kappa shape index (κ2) is 15.1. The lowest BCUT2D eigenvalue weighted by Gasteiger charge is -2.42. The fourth-order valence-corrected chi connectivity index (χ4v) is 9.13. The van der Waals surface area contributed by atoms with Crippen LogP contribution in [-0.2, 0) is 44.5 Å². The summed E-state index contributed by atoms with van der Waals surface area (Å²) in [6, 6.07) is 10.9. The zero-order valence-corrected chi connectivity index (χ0v) is 31.3. The maximum absolute atomic E-state index is 12.7. The van der Waals surface area contributed by atoms with E-state index in [2.05, 4.69) is 0 Å². The van der Waals surface area contributed by atoms with Crippen LogP contribution in [0, 0.1) is 13.8 Å². The summed E-state index contributed by atoms with van der Waals surface area (Å²) in [6.45, 7) is 7.35. The van der Waals surface area contributed by atoms with Gasteiger partial charge in [-0.2, -0.15) is 0 Å². The molecule has 3 spiro atoms. The average molecular weight is 744 g/mol. The van der Waals surface area contributed by atoms with E-state index in [1.54, 1.807) is 19.1 Å². The van der Waals surface area contributed by atoms with Gasteiger partial charge in [0.15, 0.2) is 11.4 Å². The zero-order valence-electron chi connectivity index (χ0n) is 29.7. The Kier molecular flexibility index (Phi) is 11.1. The first-order valence-electron chi connectivity index (χ1n) is 18.2. The second-order valence-electron chi connectivity index (χ2n) is 14.7. The third-order valence-corrected chi connectivity index (χ3v) is 12.2. The number of aryl methyl sites for hydroxylation is 2. The molecule has 0 amide bonds. The highest BCUT2D eigenvalue weighted by molar-refractivity contribution is 6.35. The molecule has 0 radical (unpaired) electrons. The van der Waals surface area contributed by atoms with Crippen molar-refractivity contribution in [1.29, 1.82) is 0 Å². The van der Waals surface area contributed by atoms with Gasteiger partial charge in [0.05, 0.1) is 24.2 Å². The van der Waals surface area contributed by atoms with E-state index in [1.165, 1.54) is 0 Å². The van der Waals surface area contributed by atoms with Gasteiger partial charge in [0, 0.05) is 41.7 Å². The van der Waals surface area contributed by atoms with Crippen LogP contribution >= 0.6 is 23.2 Å². The third-order valence-electron chi connectivity index (χ3n) is 11.6. The number of aliphatic hydroxyl groups is 1. The van der Waals surface area contributed by atoms with Crippen molar-refractivity contribution in [3.8, 4) is 0 Å². The topological polar surface area (TPSA) is 118 Å². The first-order chi connectivity index (χ1) is 24.4. The Morgan fingerprint density at radius 1 is 0.804 bits per heavy atom. The standard InChI is InChI=1S/C21H27ClO5.C19H21ClO4/c1-3-25-19(24)21(11-9-20(10-12-21)8-5-13-26-20)27-18(23)14-16-15(2)6-4-7-17(16)22;1-12-4-2-5-13(20)14(12)15-16(21)19(24-17(15)22)9-7-18(8-10-19)6-3-11-23-18/h4,6-7H,3,5,8-14H2,1-2H3;2,4-5,21H,3,6-11H2,1H3. The molecule has 3 heterocycles. The number of carbonyl (C=O) groups is 3. The van der Waals surface area contributed by atoms with Crippen molar-refractivity contribution in [1.82, 2.24) is 0 Å². The number of ether oxygens (including phenoxy) is 5. The second-order valence-corrected chi connectivity index (χ2v) is 15.5.